The van der Waals surface area contributed by atoms with Crippen LogP contribution >= 0.6 is 11.3 Å². The Morgan fingerprint density at radius 2 is 2.05 bits per heavy atom. The van der Waals surface area contributed by atoms with Crippen molar-refractivity contribution in [1.29, 1.82) is 0 Å². The Morgan fingerprint density at radius 3 is 2.50 bits per heavy atom. The van der Waals surface area contributed by atoms with Gasteiger partial charge in [0.2, 0.25) is 0 Å². The third-order valence-electron chi connectivity index (χ3n) is 4.25. The number of thiazole rings is 1. The normalized spacial score (nSPS) is 16.6. The smallest absolute Gasteiger partial charge is 0.265 e. The molecule has 1 amide bonds. The second kappa shape index (κ2) is 5.99. The molecule has 1 saturated carbocycles. The first-order valence-corrected chi connectivity index (χ1v) is 8.20. The predicted molar refractivity (Wildman–Crippen MR) is 84.4 cm³/mol. The Kier molecular flexibility index (Phi) is 4.52. The molecule has 0 aliphatic heterocycles. The van der Waals surface area contributed by atoms with Gasteiger partial charge in [-0.2, -0.15) is 0 Å². The lowest BCUT2D eigenvalue weighted by Crippen LogP contribution is -2.52. The van der Waals surface area contributed by atoms with Crippen molar-refractivity contribution in [3.05, 3.63) is 4.88 Å². The number of aromatic nitrogens is 1. The van der Waals surface area contributed by atoms with Crippen molar-refractivity contribution in [2.24, 2.45) is 0 Å². The van der Waals surface area contributed by atoms with Crippen LogP contribution in [-0.2, 0) is 0 Å². The maximum Gasteiger partial charge on any atom is 0.265 e. The highest BCUT2D eigenvalue weighted by atomic mass is 32.1. The zero-order chi connectivity index (χ0) is 14.8. The van der Waals surface area contributed by atoms with Gasteiger partial charge in [-0.3, -0.25) is 4.79 Å². The molecule has 1 aliphatic carbocycles. The summed E-state index contributed by atoms with van der Waals surface area (Å²) in [5, 5.41) is 3.99. The van der Waals surface area contributed by atoms with Crippen LogP contribution in [0.1, 0.15) is 56.1 Å². The van der Waals surface area contributed by atoms with E-state index in [-0.39, 0.29) is 11.4 Å². The van der Waals surface area contributed by atoms with Gasteiger partial charge in [0.25, 0.3) is 5.91 Å². The minimum atomic E-state index is -0.0695. The number of nitrogens with zero attached hydrogens (tertiary/aromatic N) is 2. The summed E-state index contributed by atoms with van der Waals surface area (Å²) in [6, 6.07) is 0. The van der Waals surface area contributed by atoms with Gasteiger partial charge in [0, 0.05) is 18.6 Å². The molecule has 0 saturated heterocycles. The molecule has 5 nitrogen and oxygen atoms in total. The summed E-state index contributed by atoms with van der Waals surface area (Å²) in [6.07, 6.45) is 4.30. The van der Waals surface area contributed by atoms with E-state index in [4.69, 9.17) is 5.73 Å². The molecule has 1 fully saturated rings. The number of nitrogen functional groups attached to an aromatic ring is 1. The summed E-state index contributed by atoms with van der Waals surface area (Å²) < 4.78 is 0. The van der Waals surface area contributed by atoms with Gasteiger partial charge in [0.05, 0.1) is 0 Å². The van der Waals surface area contributed by atoms with Crippen molar-refractivity contribution in [2.45, 2.75) is 52.0 Å². The van der Waals surface area contributed by atoms with Gasteiger partial charge in [0.1, 0.15) is 10.7 Å². The van der Waals surface area contributed by atoms with Crippen molar-refractivity contribution in [1.82, 2.24) is 10.3 Å². The molecule has 1 aromatic rings. The van der Waals surface area contributed by atoms with E-state index < -0.39 is 0 Å². The molecule has 0 spiro atoms. The lowest BCUT2D eigenvalue weighted by atomic mass is 9.75. The summed E-state index contributed by atoms with van der Waals surface area (Å²) >= 11 is 1.39. The SMILES string of the molecule is CCN(CC)c1nc(N)c(C(=O)NC2(CC)CCC2)s1. The van der Waals surface area contributed by atoms with Crippen LogP contribution in [-0.4, -0.2) is 29.5 Å². The lowest BCUT2D eigenvalue weighted by molar-refractivity contribution is 0.0825. The van der Waals surface area contributed by atoms with E-state index in [1.165, 1.54) is 17.8 Å². The standard InChI is InChI=1S/C14H24N4OS/c1-4-14(8-7-9-14)17-12(19)10-11(15)16-13(20-10)18(5-2)6-3/h4-9,15H2,1-3H3,(H,17,19). The Morgan fingerprint density at radius 1 is 1.40 bits per heavy atom. The molecule has 20 heavy (non-hydrogen) atoms. The summed E-state index contributed by atoms with van der Waals surface area (Å²) in [6.45, 7) is 7.99. The molecule has 6 heteroatoms. The zero-order valence-electron chi connectivity index (χ0n) is 12.5. The minimum Gasteiger partial charge on any atom is -0.382 e. The summed E-state index contributed by atoms with van der Waals surface area (Å²) in [5.41, 5.74) is 5.91. The number of rotatable bonds is 6. The van der Waals surface area contributed by atoms with E-state index in [1.807, 2.05) is 0 Å². The minimum absolute atomic E-state index is 0.0110. The van der Waals surface area contributed by atoms with Gasteiger partial charge in [-0.05, 0) is 39.5 Å². The summed E-state index contributed by atoms with van der Waals surface area (Å²) in [5.74, 6) is 0.278. The van der Waals surface area contributed by atoms with Crippen molar-refractivity contribution in [3.63, 3.8) is 0 Å². The maximum atomic E-state index is 12.4. The Labute approximate surface area is 124 Å². The summed E-state index contributed by atoms with van der Waals surface area (Å²) in [4.78, 5) is 19.4. The van der Waals surface area contributed by atoms with Crippen LogP contribution in [0, 0.1) is 0 Å². The Balaban J connectivity index is 2.14. The number of amides is 1. The third-order valence-corrected chi connectivity index (χ3v) is 5.38. The molecular formula is C14H24N4OS. The van der Waals surface area contributed by atoms with E-state index in [2.05, 4.69) is 36.0 Å². The molecular weight excluding hydrogens is 272 g/mol. The number of hydrogen-bond donors (Lipinski definition) is 2. The van der Waals surface area contributed by atoms with Crippen molar-refractivity contribution in [3.8, 4) is 0 Å². The van der Waals surface area contributed by atoms with Gasteiger partial charge < -0.3 is 16.0 Å². The highest BCUT2D eigenvalue weighted by Gasteiger charge is 2.37. The van der Waals surface area contributed by atoms with Gasteiger partial charge in [-0.1, -0.05) is 18.3 Å². The second-order valence-electron chi connectivity index (χ2n) is 5.32. The largest absolute Gasteiger partial charge is 0.382 e. The predicted octanol–water partition coefficient (Wildman–Crippen LogP) is 2.63. The van der Waals surface area contributed by atoms with E-state index in [1.54, 1.807) is 0 Å². The molecule has 0 unspecified atom stereocenters. The fourth-order valence-corrected chi connectivity index (χ4v) is 3.59. The zero-order valence-corrected chi connectivity index (χ0v) is 13.3. The van der Waals surface area contributed by atoms with E-state index in [9.17, 15) is 4.79 Å². The van der Waals surface area contributed by atoms with Crippen molar-refractivity contribution < 1.29 is 4.79 Å². The van der Waals surface area contributed by atoms with E-state index >= 15 is 0 Å². The molecule has 2 rings (SSSR count). The molecule has 0 radical (unpaired) electrons. The fourth-order valence-electron chi connectivity index (χ4n) is 2.58. The van der Waals surface area contributed by atoms with Crippen LogP contribution in [0.3, 0.4) is 0 Å². The highest BCUT2D eigenvalue weighted by molar-refractivity contribution is 7.18. The first-order chi connectivity index (χ1) is 9.55. The first kappa shape index (κ1) is 15.1. The topological polar surface area (TPSA) is 71.2 Å². The van der Waals surface area contributed by atoms with Gasteiger partial charge in [-0.25, -0.2) is 4.98 Å². The van der Waals surface area contributed by atoms with Gasteiger partial charge in [-0.15, -0.1) is 0 Å². The Bertz CT molecular complexity index is 472. The molecule has 1 heterocycles. The van der Waals surface area contributed by atoms with Crippen LogP contribution in [0.5, 0.6) is 0 Å². The summed E-state index contributed by atoms with van der Waals surface area (Å²) in [7, 11) is 0. The molecule has 1 aliphatic rings. The van der Waals surface area contributed by atoms with Crippen LogP contribution in [0.2, 0.25) is 0 Å². The van der Waals surface area contributed by atoms with E-state index in [0.717, 1.165) is 37.5 Å². The Hall–Kier alpha value is -1.30. The monoisotopic (exact) mass is 296 g/mol. The number of nitrogens with one attached hydrogen (secondary N) is 1. The van der Waals surface area contributed by atoms with E-state index in [0.29, 0.717) is 10.7 Å². The quantitative estimate of drug-likeness (QED) is 0.846. The third kappa shape index (κ3) is 2.75. The number of carbonyl (C=O) groups excluding carboxylic acids is 1. The first-order valence-electron chi connectivity index (χ1n) is 7.39. The number of hydrogen-bond acceptors (Lipinski definition) is 5. The average Bonchev–Trinajstić information content (AvgIpc) is 2.77. The second-order valence-corrected chi connectivity index (χ2v) is 6.30. The van der Waals surface area contributed by atoms with Gasteiger partial charge >= 0.3 is 0 Å². The average molecular weight is 296 g/mol. The number of carbonyl (C=O) groups is 1. The van der Waals surface area contributed by atoms with Crippen molar-refractivity contribution >= 4 is 28.2 Å². The van der Waals surface area contributed by atoms with Crippen molar-refractivity contribution in [2.75, 3.05) is 23.7 Å². The molecule has 1 aromatic heterocycles. The lowest BCUT2D eigenvalue weighted by Gasteiger charge is -2.41. The van der Waals surface area contributed by atoms with Gasteiger partial charge in [0.15, 0.2) is 5.13 Å². The fraction of sp³-hybridized carbons (Fsp3) is 0.714. The number of nitrogens with two attached hydrogens (primary N) is 1. The molecule has 0 bridgehead atoms. The van der Waals surface area contributed by atoms with Crippen LogP contribution in [0.25, 0.3) is 0 Å². The van der Waals surface area contributed by atoms with Crippen LogP contribution in [0.15, 0.2) is 0 Å². The molecule has 112 valence electrons. The molecule has 0 atom stereocenters. The highest BCUT2D eigenvalue weighted by Crippen LogP contribution is 2.36. The van der Waals surface area contributed by atoms with Crippen LogP contribution in [0.4, 0.5) is 10.9 Å². The molecule has 0 aromatic carbocycles. The number of anilines is 2. The van der Waals surface area contributed by atoms with Crippen LogP contribution < -0.4 is 16.0 Å². The maximum absolute atomic E-state index is 12.4. The molecule has 3 N–H and O–H groups in total.